The fourth-order valence-electron chi connectivity index (χ4n) is 14.9. The molecule has 9 aromatic carbocycles. The molecule has 1 nitrogen and oxygen atoms in total. The van der Waals surface area contributed by atoms with Crippen LogP contribution < -0.4 is 4.90 Å². The van der Waals surface area contributed by atoms with Crippen molar-refractivity contribution in [3.05, 3.63) is 281 Å². The van der Waals surface area contributed by atoms with E-state index >= 15 is 0 Å². The number of nitrogens with zero attached hydrogens (tertiary/aromatic N) is 1. The van der Waals surface area contributed by atoms with Gasteiger partial charge in [-0.1, -0.05) is 194 Å². The molecule has 322 valence electrons. The maximum Gasteiger partial charge on any atom is 0.0714 e. The van der Waals surface area contributed by atoms with Crippen LogP contribution in [0.4, 0.5) is 17.1 Å². The van der Waals surface area contributed by atoms with Gasteiger partial charge in [-0.15, -0.1) is 0 Å². The fourth-order valence-corrected chi connectivity index (χ4v) is 14.9. The summed E-state index contributed by atoms with van der Waals surface area (Å²) in [5, 5.41) is 0. The third kappa shape index (κ3) is 5.67. The highest BCUT2D eigenvalue weighted by Crippen LogP contribution is 2.62. The van der Waals surface area contributed by atoms with Crippen molar-refractivity contribution < 1.29 is 0 Å². The standard InChI is InChI=1S/C66H53N/c1-5-17-49(18-6-1)65(50-19-7-2-8-20-50)60-27-15-13-25-56(60)58-35-33-54(42-62(58)65)67(53-31-29-46(30-32-53)64-47-38-44-37-45(40-47)41-48(64)39-44)55-34-36-59-57-26-14-16-28-61(57)66(63(59)43-55,51-21-9-3-10-22-51)52-23-11-4-12-24-52/h1-36,42-45,47-48,64H,37-41H2. The zero-order valence-electron chi connectivity index (χ0n) is 37.8. The van der Waals surface area contributed by atoms with Gasteiger partial charge in [-0.2, -0.15) is 0 Å². The van der Waals surface area contributed by atoms with Crippen molar-refractivity contribution in [2.24, 2.45) is 23.7 Å². The van der Waals surface area contributed by atoms with Gasteiger partial charge in [0.2, 0.25) is 0 Å². The first-order valence-corrected chi connectivity index (χ1v) is 24.8. The highest BCUT2D eigenvalue weighted by atomic mass is 15.1. The Kier molecular flexibility index (Phi) is 8.82. The van der Waals surface area contributed by atoms with E-state index in [0.717, 1.165) is 35.0 Å². The minimum atomic E-state index is -0.505. The van der Waals surface area contributed by atoms with E-state index in [9.17, 15) is 0 Å². The molecule has 6 aliphatic carbocycles. The van der Waals surface area contributed by atoms with Crippen molar-refractivity contribution in [3.8, 4) is 22.3 Å². The first-order valence-electron chi connectivity index (χ1n) is 24.8. The molecular weight excluding hydrogens is 807 g/mol. The Morgan fingerprint density at radius 1 is 0.299 bits per heavy atom. The van der Waals surface area contributed by atoms with Crippen molar-refractivity contribution in [3.63, 3.8) is 0 Å². The van der Waals surface area contributed by atoms with E-state index in [0.29, 0.717) is 5.92 Å². The Bertz CT molecular complexity index is 3010. The van der Waals surface area contributed by atoms with Crippen molar-refractivity contribution in [2.45, 2.75) is 48.9 Å². The van der Waals surface area contributed by atoms with E-state index < -0.39 is 10.8 Å². The van der Waals surface area contributed by atoms with E-state index in [2.05, 4.69) is 235 Å². The van der Waals surface area contributed by atoms with Crippen LogP contribution in [0.1, 0.15) is 88.1 Å². The Hall–Kier alpha value is -7.22. The van der Waals surface area contributed by atoms with Crippen LogP contribution in [0.15, 0.2) is 231 Å². The molecule has 0 radical (unpaired) electrons. The van der Waals surface area contributed by atoms with Crippen molar-refractivity contribution in [1.82, 2.24) is 0 Å². The largest absolute Gasteiger partial charge is 0.310 e. The summed E-state index contributed by atoms with van der Waals surface area (Å²) < 4.78 is 0. The maximum absolute atomic E-state index is 2.56. The zero-order chi connectivity index (χ0) is 44.1. The van der Waals surface area contributed by atoms with Crippen LogP contribution in [-0.2, 0) is 10.8 Å². The first kappa shape index (κ1) is 39.0. The lowest BCUT2D eigenvalue weighted by Crippen LogP contribution is -2.43. The molecule has 0 heterocycles. The van der Waals surface area contributed by atoms with Crippen LogP contribution >= 0.6 is 0 Å². The maximum atomic E-state index is 2.56. The normalized spacial score (nSPS) is 21.8. The molecule has 67 heavy (non-hydrogen) atoms. The molecule has 0 amide bonds. The molecule has 0 aromatic heterocycles. The second-order valence-corrected chi connectivity index (χ2v) is 20.4. The van der Waals surface area contributed by atoms with E-state index in [-0.39, 0.29) is 0 Å². The van der Waals surface area contributed by atoms with Crippen LogP contribution in [0.5, 0.6) is 0 Å². The number of anilines is 3. The average molecular weight is 860 g/mol. The minimum Gasteiger partial charge on any atom is -0.310 e. The van der Waals surface area contributed by atoms with Crippen LogP contribution in [0, 0.1) is 23.7 Å². The van der Waals surface area contributed by atoms with Gasteiger partial charge in [0.15, 0.2) is 0 Å². The summed E-state index contributed by atoms with van der Waals surface area (Å²) in [7, 11) is 0. The lowest BCUT2D eigenvalue weighted by molar-refractivity contribution is -0.00277. The Morgan fingerprint density at radius 2 is 0.642 bits per heavy atom. The van der Waals surface area contributed by atoms with Crippen molar-refractivity contribution in [1.29, 1.82) is 0 Å². The number of hydrogen-bond acceptors (Lipinski definition) is 1. The molecule has 4 bridgehead atoms. The predicted octanol–water partition coefficient (Wildman–Crippen LogP) is 16.4. The molecule has 0 spiro atoms. The molecule has 0 aliphatic heterocycles. The van der Waals surface area contributed by atoms with E-state index in [4.69, 9.17) is 0 Å². The Balaban J connectivity index is 1.00. The summed E-state index contributed by atoms with van der Waals surface area (Å²) in [6.07, 6.45) is 7.19. The molecule has 1 heteroatoms. The van der Waals surface area contributed by atoms with Gasteiger partial charge in [-0.25, -0.2) is 0 Å². The summed E-state index contributed by atoms with van der Waals surface area (Å²) in [4.78, 5) is 2.56. The molecule has 9 aromatic rings. The number of hydrogen-bond donors (Lipinski definition) is 0. The second kappa shape index (κ2) is 15.2. The molecule has 0 saturated heterocycles. The van der Waals surface area contributed by atoms with Gasteiger partial charge in [0.25, 0.3) is 0 Å². The quantitative estimate of drug-likeness (QED) is 0.147. The molecule has 6 aliphatic rings. The number of fused-ring (bicyclic) bond motifs is 6. The number of benzene rings is 9. The fraction of sp³-hybridized carbons (Fsp3) is 0.182. The monoisotopic (exact) mass is 859 g/mol. The van der Waals surface area contributed by atoms with Gasteiger partial charge in [0, 0.05) is 17.1 Å². The molecule has 15 rings (SSSR count). The summed E-state index contributed by atoms with van der Waals surface area (Å²) in [5.74, 6) is 4.28. The van der Waals surface area contributed by atoms with E-state index in [1.807, 2.05) is 0 Å². The van der Waals surface area contributed by atoms with E-state index in [1.165, 1.54) is 105 Å². The Labute approximate surface area is 395 Å². The summed E-state index contributed by atoms with van der Waals surface area (Å²) >= 11 is 0. The summed E-state index contributed by atoms with van der Waals surface area (Å²) in [6, 6.07) is 87.7. The third-order valence-corrected chi connectivity index (χ3v) is 17.2. The van der Waals surface area contributed by atoms with Crippen molar-refractivity contribution in [2.75, 3.05) is 4.90 Å². The topological polar surface area (TPSA) is 3.24 Å². The molecule has 0 N–H and O–H groups in total. The van der Waals surface area contributed by atoms with Gasteiger partial charge in [-0.3, -0.25) is 0 Å². The SMILES string of the molecule is c1ccc(C2(c3ccccc3)c3ccccc3-c3ccc(N(c4ccc(C5C6CC7CC(C6)CC5C7)cc4)c4ccc5c(c4)C(c4ccccc4)(c4ccccc4)c4ccccc4-5)cc32)cc1. The van der Waals surface area contributed by atoms with Crippen LogP contribution in [-0.4, -0.2) is 0 Å². The lowest BCUT2D eigenvalue weighted by atomic mass is 9.51. The molecule has 0 unspecified atom stereocenters. The molecule has 4 saturated carbocycles. The second-order valence-electron chi connectivity index (χ2n) is 20.4. The van der Waals surface area contributed by atoms with Gasteiger partial charge in [0.05, 0.1) is 10.8 Å². The smallest absolute Gasteiger partial charge is 0.0714 e. The molecule has 0 atom stereocenters. The molecular formula is C66H53N. The van der Waals surface area contributed by atoms with Gasteiger partial charge >= 0.3 is 0 Å². The Morgan fingerprint density at radius 3 is 1.04 bits per heavy atom. The van der Waals surface area contributed by atoms with Gasteiger partial charge in [0.1, 0.15) is 0 Å². The van der Waals surface area contributed by atoms with Crippen molar-refractivity contribution >= 4 is 17.1 Å². The van der Waals surface area contributed by atoms with Crippen LogP contribution in [0.2, 0.25) is 0 Å². The zero-order valence-corrected chi connectivity index (χ0v) is 37.8. The van der Waals surface area contributed by atoms with Gasteiger partial charge < -0.3 is 4.90 Å². The van der Waals surface area contributed by atoms with Crippen LogP contribution in [0.3, 0.4) is 0 Å². The third-order valence-electron chi connectivity index (χ3n) is 17.2. The average Bonchev–Trinajstić information content (AvgIpc) is 3.85. The summed E-state index contributed by atoms with van der Waals surface area (Å²) in [5.41, 5.74) is 19.6. The highest BCUT2D eigenvalue weighted by molar-refractivity contribution is 5.92. The lowest BCUT2D eigenvalue weighted by Gasteiger charge is -2.54. The van der Waals surface area contributed by atoms with E-state index in [1.54, 1.807) is 5.56 Å². The van der Waals surface area contributed by atoms with Crippen LogP contribution in [0.25, 0.3) is 22.3 Å². The predicted molar refractivity (Wildman–Crippen MR) is 276 cm³/mol. The molecule has 4 fully saturated rings. The van der Waals surface area contributed by atoms with Gasteiger partial charge in [-0.05, 0) is 170 Å². The first-order chi connectivity index (χ1) is 33.2. The summed E-state index contributed by atoms with van der Waals surface area (Å²) in [6.45, 7) is 0. The minimum absolute atomic E-state index is 0.505. The highest BCUT2D eigenvalue weighted by Gasteiger charge is 2.50. The number of rotatable bonds is 8.